The average Bonchev–Trinajstić information content (AvgIpc) is 2.26. The number of hydrogen-bond acceptors (Lipinski definition) is 2. The maximum atomic E-state index is 9.85. The van der Waals surface area contributed by atoms with Gasteiger partial charge in [0.15, 0.2) is 0 Å². The van der Waals surface area contributed by atoms with Crippen molar-refractivity contribution in [2.24, 2.45) is 5.92 Å². The molecule has 96 valence electrons. The third-order valence-electron chi connectivity index (χ3n) is 3.40. The second-order valence-electron chi connectivity index (χ2n) is 4.97. The number of nitrogens with zero attached hydrogens (tertiary/aromatic N) is 1. The van der Waals surface area contributed by atoms with Crippen molar-refractivity contribution in [2.75, 3.05) is 11.9 Å². The van der Waals surface area contributed by atoms with Gasteiger partial charge in [-0.2, -0.15) is 0 Å². The molecule has 0 bridgehead atoms. The molecule has 2 atom stereocenters. The van der Waals surface area contributed by atoms with Gasteiger partial charge in [0, 0.05) is 28.8 Å². The Bertz CT molecular complexity index is 376. The maximum Gasteiger partial charge on any atom is 0.0782 e. The van der Waals surface area contributed by atoms with Crippen LogP contribution >= 0.6 is 15.9 Å². The van der Waals surface area contributed by atoms with Crippen molar-refractivity contribution in [3.8, 4) is 0 Å². The molecule has 1 N–H and O–H groups in total. The van der Waals surface area contributed by atoms with Gasteiger partial charge in [0.25, 0.3) is 0 Å². The fourth-order valence-corrected chi connectivity index (χ4v) is 2.23. The van der Waals surface area contributed by atoms with Crippen molar-refractivity contribution in [2.45, 2.75) is 39.8 Å². The van der Waals surface area contributed by atoms with Crippen LogP contribution in [0, 0.1) is 5.92 Å². The molecule has 0 radical (unpaired) electrons. The second-order valence-corrected chi connectivity index (χ2v) is 5.89. The lowest BCUT2D eigenvalue weighted by atomic mass is 10.0. The Labute approximate surface area is 113 Å². The molecular formula is C14H22BrNO. The molecule has 0 heterocycles. The zero-order chi connectivity index (χ0) is 13.2. The van der Waals surface area contributed by atoms with Gasteiger partial charge in [0.2, 0.25) is 0 Å². The number of rotatable bonds is 4. The first-order valence-electron chi connectivity index (χ1n) is 6.05. The van der Waals surface area contributed by atoms with Gasteiger partial charge in [-0.25, -0.2) is 0 Å². The van der Waals surface area contributed by atoms with E-state index >= 15 is 0 Å². The van der Waals surface area contributed by atoms with Crippen molar-refractivity contribution in [1.29, 1.82) is 0 Å². The summed E-state index contributed by atoms with van der Waals surface area (Å²) in [6.07, 6.45) is -0.454. The van der Waals surface area contributed by atoms with Crippen molar-refractivity contribution in [3.05, 3.63) is 28.2 Å². The Hall–Kier alpha value is -0.540. The summed E-state index contributed by atoms with van der Waals surface area (Å²) >= 11 is 3.45. The Morgan fingerprint density at radius 1 is 1.18 bits per heavy atom. The highest BCUT2D eigenvalue weighted by Crippen LogP contribution is 2.30. The van der Waals surface area contributed by atoms with E-state index < -0.39 is 6.10 Å². The molecule has 0 saturated heterocycles. The van der Waals surface area contributed by atoms with Gasteiger partial charge < -0.3 is 10.0 Å². The summed E-state index contributed by atoms with van der Waals surface area (Å²) in [5.74, 6) is 0.575. The Kier molecular flexibility index (Phi) is 5.02. The van der Waals surface area contributed by atoms with Crippen LogP contribution < -0.4 is 4.90 Å². The Balaban J connectivity index is 3.12. The predicted octanol–water partition coefficient (Wildman–Crippen LogP) is 3.98. The molecule has 0 aliphatic rings. The molecule has 1 aromatic rings. The van der Waals surface area contributed by atoms with Crippen molar-refractivity contribution in [1.82, 2.24) is 0 Å². The fraction of sp³-hybridized carbons (Fsp3) is 0.571. The Morgan fingerprint density at radius 3 is 2.24 bits per heavy atom. The van der Waals surface area contributed by atoms with Gasteiger partial charge in [0.1, 0.15) is 0 Å². The Morgan fingerprint density at radius 2 is 1.76 bits per heavy atom. The summed E-state index contributed by atoms with van der Waals surface area (Å²) in [6, 6.07) is 6.51. The first kappa shape index (κ1) is 14.5. The maximum absolute atomic E-state index is 9.85. The summed E-state index contributed by atoms with van der Waals surface area (Å²) in [6.45, 7) is 8.43. The molecule has 3 heteroatoms. The molecule has 0 saturated carbocycles. The van der Waals surface area contributed by atoms with Gasteiger partial charge in [-0.15, -0.1) is 0 Å². The van der Waals surface area contributed by atoms with E-state index in [1.165, 1.54) is 0 Å². The van der Waals surface area contributed by atoms with Crippen LogP contribution in [0.4, 0.5) is 5.69 Å². The zero-order valence-corrected chi connectivity index (χ0v) is 12.8. The number of anilines is 1. The standard InChI is InChI=1S/C14H22BrNO/c1-9(2)10(3)16(5)14-7-6-12(15)8-13(14)11(4)17/h6-11,17H,1-5H3. The first-order valence-corrected chi connectivity index (χ1v) is 6.84. The molecule has 2 unspecified atom stereocenters. The first-order chi connectivity index (χ1) is 7.84. The monoisotopic (exact) mass is 299 g/mol. The van der Waals surface area contributed by atoms with Crippen LogP contribution in [0.1, 0.15) is 39.4 Å². The summed E-state index contributed by atoms with van der Waals surface area (Å²) in [5.41, 5.74) is 2.07. The van der Waals surface area contributed by atoms with Crippen LogP contribution in [0.25, 0.3) is 0 Å². The molecule has 0 aliphatic heterocycles. The fourth-order valence-electron chi connectivity index (χ4n) is 1.85. The van der Waals surface area contributed by atoms with E-state index in [0.717, 1.165) is 15.7 Å². The minimum atomic E-state index is -0.454. The van der Waals surface area contributed by atoms with Crippen molar-refractivity contribution in [3.63, 3.8) is 0 Å². The molecule has 0 aromatic heterocycles. The molecule has 0 aliphatic carbocycles. The van der Waals surface area contributed by atoms with Gasteiger partial charge in [-0.05, 0) is 38.0 Å². The van der Waals surface area contributed by atoms with E-state index in [-0.39, 0.29) is 0 Å². The lowest BCUT2D eigenvalue weighted by Crippen LogP contribution is -2.34. The smallest absolute Gasteiger partial charge is 0.0782 e. The average molecular weight is 300 g/mol. The highest BCUT2D eigenvalue weighted by molar-refractivity contribution is 9.10. The van der Waals surface area contributed by atoms with E-state index in [4.69, 9.17) is 0 Å². The highest BCUT2D eigenvalue weighted by Gasteiger charge is 2.18. The van der Waals surface area contributed by atoms with Crippen molar-refractivity contribution >= 4 is 21.6 Å². The van der Waals surface area contributed by atoms with Gasteiger partial charge in [0.05, 0.1) is 6.10 Å². The summed E-state index contributed by atoms with van der Waals surface area (Å²) in [5, 5.41) is 9.85. The van der Waals surface area contributed by atoms with E-state index in [1.807, 2.05) is 12.1 Å². The number of aliphatic hydroxyl groups is 1. The lowest BCUT2D eigenvalue weighted by Gasteiger charge is -2.32. The lowest BCUT2D eigenvalue weighted by molar-refractivity contribution is 0.199. The van der Waals surface area contributed by atoms with Crippen LogP contribution in [-0.4, -0.2) is 18.2 Å². The number of halogens is 1. The molecular weight excluding hydrogens is 278 g/mol. The summed E-state index contributed by atoms with van der Waals surface area (Å²) in [4.78, 5) is 2.24. The molecule has 1 rings (SSSR count). The summed E-state index contributed by atoms with van der Waals surface area (Å²) < 4.78 is 1.00. The van der Waals surface area contributed by atoms with E-state index in [2.05, 4.69) is 54.7 Å². The minimum absolute atomic E-state index is 0.439. The van der Waals surface area contributed by atoms with E-state index in [9.17, 15) is 5.11 Å². The number of benzene rings is 1. The van der Waals surface area contributed by atoms with Crippen LogP contribution in [-0.2, 0) is 0 Å². The van der Waals surface area contributed by atoms with Gasteiger partial charge >= 0.3 is 0 Å². The largest absolute Gasteiger partial charge is 0.389 e. The van der Waals surface area contributed by atoms with Crippen LogP contribution in [0.3, 0.4) is 0 Å². The predicted molar refractivity (Wildman–Crippen MR) is 77.5 cm³/mol. The highest BCUT2D eigenvalue weighted by atomic mass is 79.9. The molecule has 0 amide bonds. The van der Waals surface area contributed by atoms with Gasteiger partial charge in [-0.1, -0.05) is 29.8 Å². The van der Waals surface area contributed by atoms with Crippen LogP contribution in [0.5, 0.6) is 0 Å². The van der Waals surface area contributed by atoms with Crippen LogP contribution in [0.2, 0.25) is 0 Å². The number of hydrogen-bond donors (Lipinski definition) is 1. The third-order valence-corrected chi connectivity index (χ3v) is 3.89. The molecule has 2 nitrogen and oxygen atoms in total. The zero-order valence-electron chi connectivity index (χ0n) is 11.2. The second kappa shape index (κ2) is 5.87. The van der Waals surface area contributed by atoms with Gasteiger partial charge in [-0.3, -0.25) is 0 Å². The number of aliphatic hydroxyl groups excluding tert-OH is 1. The normalized spacial score (nSPS) is 14.8. The third kappa shape index (κ3) is 3.46. The minimum Gasteiger partial charge on any atom is -0.389 e. The van der Waals surface area contributed by atoms with E-state index in [0.29, 0.717) is 12.0 Å². The molecule has 0 fully saturated rings. The van der Waals surface area contributed by atoms with E-state index in [1.54, 1.807) is 6.92 Å². The molecule has 1 aromatic carbocycles. The summed E-state index contributed by atoms with van der Waals surface area (Å²) in [7, 11) is 2.08. The van der Waals surface area contributed by atoms with Crippen LogP contribution in [0.15, 0.2) is 22.7 Å². The quantitative estimate of drug-likeness (QED) is 0.909. The molecule has 0 spiro atoms. The SMILES string of the molecule is CC(O)c1cc(Br)ccc1N(C)C(C)C(C)C. The van der Waals surface area contributed by atoms with Crippen molar-refractivity contribution < 1.29 is 5.11 Å². The topological polar surface area (TPSA) is 23.5 Å². The molecule has 17 heavy (non-hydrogen) atoms.